The smallest absolute Gasteiger partial charge is 0.410 e. The SMILES string of the molecule is CN(Cc1cccc2c1OCCOCCOCCN(C)C(=O)c1ccc(cc1)-c1cnc(N)c(n1)C(=O)N2)C(=O)OC(C)(C)C.CNCc1cccc2c1OCCOCCOCCN(C)C(=O)c1ccc(cc1)-c1cnc(N)c(n1)C(=O)N2.Cl. The lowest BCUT2D eigenvalue weighted by Crippen LogP contribution is -2.34. The number of fused-ring (bicyclic) bond motifs is 26. The highest BCUT2D eigenvalue weighted by Gasteiger charge is 2.25. The molecule has 0 fully saturated rings. The van der Waals surface area contributed by atoms with Gasteiger partial charge < -0.3 is 75.3 Å². The van der Waals surface area contributed by atoms with Crippen LogP contribution in [0.1, 0.15) is 73.6 Å². The molecule has 6 heterocycles. The number of ether oxygens (including phenoxy) is 7. The molecule has 25 heteroatoms. The van der Waals surface area contributed by atoms with E-state index >= 15 is 0 Å². The molecule has 0 atom stereocenters. The number of carbonyl (C=O) groups excluding carboxylic acids is 5. The molecule has 0 unspecified atom stereocenters. The van der Waals surface area contributed by atoms with Gasteiger partial charge in [-0.1, -0.05) is 48.5 Å². The maximum atomic E-state index is 13.5. The maximum Gasteiger partial charge on any atom is 0.410 e. The molecular weight excluding hydrogens is 1100 g/mol. The molecule has 4 aromatic carbocycles. The summed E-state index contributed by atoms with van der Waals surface area (Å²) in [6.07, 6.45) is 2.45. The third-order valence-electron chi connectivity index (χ3n) is 12.6. The molecule has 10 rings (SSSR count). The number of hydrogen-bond donors (Lipinski definition) is 5. The van der Waals surface area contributed by atoms with E-state index in [1.54, 1.807) is 125 Å². The van der Waals surface area contributed by atoms with Crippen molar-refractivity contribution in [2.45, 2.75) is 39.5 Å². The Morgan fingerprint density at radius 2 is 1.00 bits per heavy atom. The fourth-order valence-electron chi connectivity index (χ4n) is 8.26. The molecule has 4 aliphatic heterocycles. The van der Waals surface area contributed by atoms with Crippen LogP contribution in [-0.4, -0.2) is 177 Å². The Bertz CT molecular complexity index is 3200. The molecule has 5 amide bonds. The van der Waals surface area contributed by atoms with E-state index in [1.807, 2.05) is 19.2 Å². The van der Waals surface area contributed by atoms with Gasteiger partial charge in [-0.25, -0.2) is 24.7 Å². The number of anilines is 4. The van der Waals surface area contributed by atoms with Crippen LogP contribution in [0, 0.1) is 0 Å². The van der Waals surface area contributed by atoms with E-state index < -0.39 is 23.5 Å². The lowest BCUT2D eigenvalue weighted by Gasteiger charge is -2.25. The van der Waals surface area contributed by atoms with E-state index in [0.29, 0.717) is 128 Å². The third kappa shape index (κ3) is 18.2. The van der Waals surface area contributed by atoms with Crippen LogP contribution >= 0.6 is 12.4 Å². The molecule has 2 aromatic heterocycles. The standard InChI is InChI=1S/C32H40N6O7.C27H32N6O5.ClH/c1-32(2,3)45-31(41)38(5)20-23-7-6-8-24-27(23)44-18-17-43-16-15-42-14-13-37(4)30(40)22-11-9-21(10-12-22)25-19-34-28(33)26(35-25)29(39)36-24;1-29-16-20-4-3-5-21-24(20)38-15-14-37-13-12-36-11-10-33(2)27(35)19-8-6-18(7-9-19)22-17-30-25(28)23(31-22)26(34)32-21;/h6-12,19H,13-18,20H2,1-5H3,(H2,33,34)(H,36,39);3-9,17,29H,10-16H2,1-2H3,(H2,28,30)(H,32,34);1H. The first-order chi connectivity index (χ1) is 39.9. The number of nitrogens with two attached hydrogens (primary N) is 2. The topological polar surface area (TPSA) is 299 Å². The Labute approximate surface area is 494 Å². The van der Waals surface area contributed by atoms with Gasteiger partial charge in [0, 0.05) is 74.2 Å². The van der Waals surface area contributed by atoms with Crippen molar-refractivity contribution in [1.82, 2.24) is 40.0 Å². The summed E-state index contributed by atoms with van der Waals surface area (Å²) in [5.41, 5.74) is 16.9. The van der Waals surface area contributed by atoms with Crippen molar-refractivity contribution in [2.75, 3.05) is 129 Å². The van der Waals surface area contributed by atoms with Crippen molar-refractivity contribution in [2.24, 2.45) is 0 Å². The molecule has 0 saturated heterocycles. The minimum atomic E-state index is -0.663. The van der Waals surface area contributed by atoms with Crippen LogP contribution in [0.15, 0.2) is 97.3 Å². The van der Waals surface area contributed by atoms with E-state index in [9.17, 15) is 24.0 Å². The van der Waals surface area contributed by atoms with Crippen LogP contribution < -0.4 is 36.9 Å². The molecule has 24 nitrogen and oxygen atoms in total. The van der Waals surface area contributed by atoms with E-state index in [4.69, 9.17) is 44.6 Å². The number of benzene rings is 4. The predicted molar refractivity (Wildman–Crippen MR) is 318 cm³/mol. The highest BCUT2D eigenvalue weighted by atomic mass is 35.5. The Hall–Kier alpha value is -8.52. The molecule has 448 valence electrons. The highest BCUT2D eigenvalue weighted by molar-refractivity contribution is 6.07. The van der Waals surface area contributed by atoms with Crippen molar-refractivity contribution in [3.63, 3.8) is 0 Å². The van der Waals surface area contributed by atoms with Crippen LogP contribution in [-0.2, 0) is 36.8 Å². The summed E-state index contributed by atoms with van der Waals surface area (Å²) >= 11 is 0. The molecule has 84 heavy (non-hydrogen) atoms. The summed E-state index contributed by atoms with van der Waals surface area (Å²) in [4.78, 5) is 87.0. The molecule has 4 aliphatic rings. The number of nitrogen functional groups attached to an aromatic ring is 2. The average Bonchev–Trinajstić information content (AvgIpc) is 3.59. The molecule has 8 bridgehead atoms. The van der Waals surface area contributed by atoms with E-state index in [-0.39, 0.29) is 73.6 Å². The average molecular weight is 1180 g/mol. The number of aromatic nitrogens is 4. The molecule has 0 spiro atoms. The van der Waals surface area contributed by atoms with Gasteiger partial charge in [0.25, 0.3) is 23.6 Å². The second kappa shape index (κ2) is 31.2. The summed E-state index contributed by atoms with van der Waals surface area (Å²) < 4.78 is 40.2. The number of amides is 5. The van der Waals surface area contributed by atoms with E-state index in [0.717, 1.165) is 5.56 Å². The quantitative estimate of drug-likeness (QED) is 0.118. The van der Waals surface area contributed by atoms with Gasteiger partial charge in [-0.15, -0.1) is 12.4 Å². The molecule has 0 saturated carbocycles. The number of nitrogens with zero attached hydrogens (tertiary/aromatic N) is 7. The zero-order valence-electron chi connectivity index (χ0n) is 48.2. The minimum Gasteiger partial charge on any atom is -0.489 e. The van der Waals surface area contributed by atoms with E-state index in [1.165, 1.54) is 17.3 Å². The summed E-state index contributed by atoms with van der Waals surface area (Å²) in [5, 5.41) is 8.81. The molecule has 7 N–H and O–H groups in total. The van der Waals surface area contributed by atoms with Gasteiger partial charge in [-0.05, 0) is 64.2 Å². The van der Waals surface area contributed by atoms with Gasteiger partial charge in [0.05, 0.1) is 94.6 Å². The number of carbonyl (C=O) groups is 5. The number of likely N-dealkylation sites (N-methyl/N-ethyl adjacent to an activating group) is 2. The van der Waals surface area contributed by atoms with Crippen molar-refractivity contribution < 1.29 is 57.1 Å². The fraction of sp³-hybridized carbons (Fsp3) is 0.373. The molecule has 0 aliphatic carbocycles. The van der Waals surface area contributed by atoms with Crippen molar-refractivity contribution >= 4 is 65.1 Å². The summed E-state index contributed by atoms with van der Waals surface area (Å²) in [7, 11) is 6.88. The molecule has 0 radical (unpaired) electrons. The first-order valence-corrected chi connectivity index (χ1v) is 26.9. The lowest BCUT2D eigenvalue weighted by atomic mass is 10.1. The van der Waals surface area contributed by atoms with Crippen molar-refractivity contribution in [1.29, 1.82) is 0 Å². The molecule has 6 aromatic rings. The Kier molecular flexibility index (Phi) is 24.0. The van der Waals surface area contributed by atoms with Gasteiger partial charge in [0.1, 0.15) is 30.3 Å². The maximum absolute atomic E-state index is 13.5. The zero-order chi connectivity index (χ0) is 59.5. The number of rotatable bonds is 4. The summed E-state index contributed by atoms with van der Waals surface area (Å²) in [5.74, 6) is -0.579. The van der Waals surface area contributed by atoms with Crippen LogP contribution in [0.4, 0.5) is 27.8 Å². The number of hydrogen-bond acceptors (Lipinski definition) is 19. The van der Waals surface area contributed by atoms with E-state index in [2.05, 4.69) is 35.9 Å². The second-order valence-electron chi connectivity index (χ2n) is 20.1. The first-order valence-electron chi connectivity index (χ1n) is 26.9. The number of nitrogens with one attached hydrogen (secondary N) is 3. The van der Waals surface area contributed by atoms with Crippen LogP contribution in [0.25, 0.3) is 22.5 Å². The fourth-order valence-corrected chi connectivity index (χ4v) is 8.26. The second-order valence-corrected chi connectivity index (χ2v) is 20.1. The van der Waals surface area contributed by atoms with Crippen LogP contribution in [0.2, 0.25) is 0 Å². The summed E-state index contributed by atoms with van der Waals surface area (Å²) in [6.45, 7) is 10.1. The van der Waals surface area contributed by atoms with Crippen molar-refractivity contribution in [3.05, 3.63) is 131 Å². The minimum absolute atomic E-state index is 0. The van der Waals surface area contributed by atoms with Gasteiger partial charge in [0.2, 0.25) is 0 Å². The lowest BCUT2D eigenvalue weighted by molar-refractivity contribution is 0.0272. The number of para-hydroxylation sites is 2. The third-order valence-corrected chi connectivity index (χ3v) is 12.6. The normalized spacial score (nSPS) is 15.2. The van der Waals surface area contributed by atoms with Gasteiger partial charge in [-0.2, -0.15) is 0 Å². The monoisotopic (exact) mass is 1180 g/mol. The Balaban J connectivity index is 0.000000270. The van der Waals surface area contributed by atoms with Gasteiger partial charge >= 0.3 is 6.09 Å². The zero-order valence-corrected chi connectivity index (χ0v) is 49.0. The van der Waals surface area contributed by atoms with Gasteiger partial charge in [-0.3, -0.25) is 19.2 Å². The van der Waals surface area contributed by atoms with Gasteiger partial charge in [0.15, 0.2) is 23.0 Å². The van der Waals surface area contributed by atoms with Crippen LogP contribution in [0.5, 0.6) is 11.5 Å². The largest absolute Gasteiger partial charge is 0.489 e. The molecular formula is C59H73ClN12O12. The number of halogens is 1. The first kappa shape index (κ1) is 64.6. The Morgan fingerprint density at radius 1 is 0.607 bits per heavy atom. The summed E-state index contributed by atoms with van der Waals surface area (Å²) in [6, 6.07) is 24.5. The Morgan fingerprint density at radius 3 is 1.43 bits per heavy atom. The highest BCUT2D eigenvalue weighted by Crippen LogP contribution is 2.33. The predicted octanol–water partition coefficient (Wildman–Crippen LogP) is 6.46. The van der Waals surface area contributed by atoms with Crippen molar-refractivity contribution in [3.8, 4) is 34.0 Å². The van der Waals surface area contributed by atoms with Crippen LogP contribution in [0.3, 0.4) is 0 Å².